The van der Waals surface area contributed by atoms with E-state index in [0.717, 1.165) is 17.2 Å². The van der Waals surface area contributed by atoms with Crippen LogP contribution in [-0.4, -0.2) is 5.54 Å². The normalized spacial score (nSPS) is 17.8. The molecule has 1 aliphatic heterocycles. The average Bonchev–Trinajstić information content (AvgIpc) is 2.16. The molecule has 0 atom stereocenters. The van der Waals surface area contributed by atoms with Gasteiger partial charge in [0.2, 0.25) is 0 Å². The van der Waals surface area contributed by atoms with E-state index in [2.05, 4.69) is 5.32 Å². The second-order valence-electron chi connectivity index (χ2n) is 5.33. The van der Waals surface area contributed by atoms with Crippen LogP contribution in [0.2, 0.25) is 0 Å². The molecule has 1 heterocycles. The number of halogens is 3. The van der Waals surface area contributed by atoms with E-state index in [-0.39, 0.29) is 11.1 Å². The molecule has 0 radical (unpaired) electrons. The Hall–Kier alpha value is -1.45. The van der Waals surface area contributed by atoms with Crippen LogP contribution in [0.25, 0.3) is 5.57 Å². The number of rotatable bonds is 0. The lowest BCUT2D eigenvalue weighted by Crippen LogP contribution is -2.32. The molecule has 0 fully saturated rings. The summed E-state index contributed by atoms with van der Waals surface area (Å²) < 4.78 is 38.6. The predicted octanol–water partition coefficient (Wildman–Crippen LogP) is 4.62. The fraction of sp³-hybridized carbons (Fsp3) is 0.429. The highest BCUT2D eigenvalue weighted by Gasteiger charge is 2.35. The largest absolute Gasteiger partial charge is 0.416 e. The van der Waals surface area contributed by atoms with Gasteiger partial charge in [0, 0.05) is 11.3 Å². The third-order valence-corrected chi connectivity index (χ3v) is 3.22. The van der Waals surface area contributed by atoms with Gasteiger partial charge in [0.15, 0.2) is 0 Å². The summed E-state index contributed by atoms with van der Waals surface area (Å²) in [6, 6.07) is 2.70. The molecule has 18 heavy (non-hydrogen) atoms. The van der Waals surface area contributed by atoms with Gasteiger partial charge in [-0.2, -0.15) is 13.2 Å². The maximum atomic E-state index is 12.9. The second kappa shape index (κ2) is 3.77. The third-order valence-electron chi connectivity index (χ3n) is 3.22. The first-order valence-electron chi connectivity index (χ1n) is 5.80. The zero-order chi connectivity index (χ0) is 13.7. The van der Waals surface area contributed by atoms with Gasteiger partial charge in [0.05, 0.1) is 11.1 Å². The molecule has 0 aromatic heterocycles. The maximum absolute atomic E-state index is 12.9. The summed E-state index contributed by atoms with van der Waals surface area (Å²) in [5.41, 5.74) is 1.81. The van der Waals surface area contributed by atoms with Gasteiger partial charge in [-0.15, -0.1) is 0 Å². The van der Waals surface area contributed by atoms with E-state index in [1.165, 1.54) is 6.92 Å². The van der Waals surface area contributed by atoms with Gasteiger partial charge < -0.3 is 5.32 Å². The van der Waals surface area contributed by atoms with Crippen molar-refractivity contribution in [3.05, 3.63) is 34.9 Å². The van der Waals surface area contributed by atoms with Crippen molar-refractivity contribution in [3.63, 3.8) is 0 Å². The van der Waals surface area contributed by atoms with Crippen molar-refractivity contribution in [2.45, 2.75) is 39.4 Å². The van der Waals surface area contributed by atoms with E-state index in [9.17, 15) is 13.2 Å². The molecule has 1 aromatic carbocycles. The van der Waals surface area contributed by atoms with Crippen LogP contribution in [0.4, 0.5) is 18.9 Å². The molecule has 0 saturated heterocycles. The van der Waals surface area contributed by atoms with Crippen molar-refractivity contribution in [2.75, 3.05) is 5.32 Å². The summed E-state index contributed by atoms with van der Waals surface area (Å²) in [5.74, 6) is 0. The number of hydrogen-bond acceptors (Lipinski definition) is 1. The van der Waals surface area contributed by atoms with Gasteiger partial charge in [-0.05, 0) is 44.9 Å². The number of benzene rings is 1. The second-order valence-corrected chi connectivity index (χ2v) is 5.33. The van der Waals surface area contributed by atoms with Crippen LogP contribution in [0.1, 0.15) is 37.5 Å². The van der Waals surface area contributed by atoms with Crippen LogP contribution in [0, 0.1) is 6.92 Å². The standard InChI is InChI=1S/C14H16F3N/c1-8-7-13(3,4)18-12-9(2)11(14(15,16)17)6-5-10(8)12/h5-7,18H,1-4H3. The molecule has 98 valence electrons. The Bertz CT molecular complexity index is 525. The van der Waals surface area contributed by atoms with Gasteiger partial charge in [0.1, 0.15) is 0 Å². The molecule has 0 amide bonds. The summed E-state index contributed by atoms with van der Waals surface area (Å²) >= 11 is 0. The number of nitrogens with one attached hydrogen (secondary N) is 1. The van der Waals surface area contributed by atoms with Crippen molar-refractivity contribution in [1.29, 1.82) is 0 Å². The topological polar surface area (TPSA) is 12.0 Å². The first kappa shape index (κ1) is 13.0. The molecule has 0 unspecified atom stereocenters. The number of fused-ring (bicyclic) bond motifs is 1. The lowest BCUT2D eigenvalue weighted by molar-refractivity contribution is -0.138. The summed E-state index contributed by atoms with van der Waals surface area (Å²) in [6.07, 6.45) is -2.28. The Morgan fingerprint density at radius 1 is 1.11 bits per heavy atom. The lowest BCUT2D eigenvalue weighted by Gasteiger charge is -2.33. The lowest BCUT2D eigenvalue weighted by atomic mass is 9.88. The Kier molecular flexibility index (Phi) is 2.72. The summed E-state index contributed by atoms with van der Waals surface area (Å²) in [7, 11) is 0. The van der Waals surface area contributed by atoms with Crippen LogP contribution >= 0.6 is 0 Å². The molecule has 1 nitrogen and oxygen atoms in total. The predicted molar refractivity (Wildman–Crippen MR) is 67.5 cm³/mol. The van der Waals surface area contributed by atoms with E-state index in [1.54, 1.807) is 6.07 Å². The van der Waals surface area contributed by atoms with Crippen LogP contribution in [0.5, 0.6) is 0 Å². The van der Waals surface area contributed by atoms with E-state index < -0.39 is 11.7 Å². The van der Waals surface area contributed by atoms with Crippen molar-refractivity contribution >= 4 is 11.3 Å². The Morgan fingerprint density at radius 2 is 1.72 bits per heavy atom. The highest BCUT2D eigenvalue weighted by atomic mass is 19.4. The summed E-state index contributed by atoms with van der Waals surface area (Å²) in [4.78, 5) is 0. The van der Waals surface area contributed by atoms with Gasteiger partial charge >= 0.3 is 6.18 Å². The Balaban J connectivity index is 2.65. The zero-order valence-corrected chi connectivity index (χ0v) is 10.9. The average molecular weight is 255 g/mol. The van der Waals surface area contributed by atoms with Gasteiger partial charge in [-0.1, -0.05) is 12.1 Å². The molecule has 0 aliphatic carbocycles. The van der Waals surface area contributed by atoms with E-state index in [1.807, 2.05) is 26.8 Å². The SMILES string of the molecule is CC1=CC(C)(C)Nc2c1ccc(C(F)(F)F)c2C. The van der Waals surface area contributed by atoms with Gasteiger partial charge in [0.25, 0.3) is 0 Å². The highest BCUT2D eigenvalue weighted by molar-refractivity contribution is 5.82. The van der Waals surface area contributed by atoms with Crippen molar-refractivity contribution in [2.24, 2.45) is 0 Å². The molecule has 1 N–H and O–H groups in total. The quantitative estimate of drug-likeness (QED) is 0.713. The monoisotopic (exact) mass is 255 g/mol. The Labute approximate surface area is 105 Å². The molecule has 0 bridgehead atoms. The molecule has 2 rings (SSSR count). The number of anilines is 1. The fourth-order valence-electron chi connectivity index (χ4n) is 2.49. The minimum Gasteiger partial charge on any atom is -0.376 e. The van der Waals surface area contributed by atoms with Crippen molar-refractivity contribution in [3.8, 4) is 0 Å². The van der Waals surface area contributed by atoms with Crippen molar-refractivity contribution in [1.82, 2.24) is 0 Å². The van der Waals surface area contributed by atoms with Crippen LogP contribution in [-0.2, 0) is 6.18 Å². The minimum absolute atomic E-state index is 0.264. The molecule has 0 saturated carbocycles. The molecule has 0 spiro atoms. The maximum Gasteiger partial charge on any atom is 0.416 e. The number of hydrogen-bond donors (Lipinski definition) is 1. The molecular weight excluding hydrogens is 239 g/mol. The Morgan fingerprint density at radius 3 is 2.28 bits per heavy atom. The molecule has 1 aromatic rings. The van der Waals surface area contributed by atoms with Gasteiger partial charge in [-0.25, -0.2) is 0 Å². The molecule has 4 heteroatoms. The van der Waals surface area contributed by atoms with Crippen LogP contribution < -0.4 is 5.32 Å². The smallest absolute Gasteiger partial charge is 0.376 e. The number of allylic oxidation sites excluding steroid dienone is 1. The summed E-state index contributed by atoms with van der Waals surface area (Å²) in [6.45, 7) is 7.33. The van der Waals surface area contributed by atoms with E-state index in [0.29, 0.717) is 5.69 Å². The molecule has 1 aliphatic rings. The van der Waals surface area contributed by atoms with Crippen molar-refractivity contribution < 1.29 is 13.2 Å². The van der Waals surface area contributed by atoms with Crippen LogP contribution in [0.15, 0.2) is 18.2 Å². The van der Waals surface area contributed by atoms with Crippen LogP contribution in [0.3, 0.4) is 0 Å². The van der Waals surface area contributed by atoms with E-state index >= 15 is 0 Å². The highest BCUT2D eigenvalue weighted by Crippen LogP contribution is 2.41. The minimum atomic E-state index is -4.31. The number of alkyl halides is 3. The van der Waals surface area contributed by atoms with Gasteiger partial charge in [-0.3, -0.25) is 0 Å². The fourth-order valence-corrected chi connectivity index (χ4v) is 2.49. The first-order chi connectivity index (χ1) is 8.12. The first-order valence-corrected chi connectivity index (χ1v) is 5.80. The third kappa shape index (κ3) is 2.11. The zero-order valence-electron chi connectivity index (χ0n) is 10.9. The summed E-state index contributed by atoms with van der Waals surface area (Å²) in [5, 5.41) is 3.17. The molecular formula is C14H16F3N. The van der Waals surface area contributed by atoms with E-state index in [4.69, 9.17) is 0 Å².